The first kappa shape index (κ1) is 14.3. The van der Waals surface area contributed by atoms with E-state index in [0.29, 0.717) is 0 Å². The van der Waals surface area contributed by atoms with Gasteiger partial charge in [-0.2, -0.15) is 9.61 Å². The fourth-order valence-electron chi connectivity index (χ4n) is 2.36. The van der Waals surface area contributed by atoms with E-state index < -0.39 is 0 Å². The Morgan fingerprint density at radius 1 is 1.04 bits per heavy atom. The van der Waals surface area contributed by atoms with Gasteiger partial charge in [0, 0.05) is 5.56 Å². The van der Waals surface area contributed by atoms with Gasteiger partial charge in [0.2, 0.25) is 4.96 Å². The standard InChI is InChI=1S/C15H13N5OS2/c1-8-12(22-9(2)16-8)14-19-20-13(17-18-15(20)23-14)10-4-6-11(21-3)7-5-10/h4-7H,1-3H3. The summed E-state index contributed by atoms with van der Waals surface area (Å²) in [5.74, 6) is 1.54. The molecule has 0 aliphatic carbocycles. The summed E-state index contributed by atoms with van der Waals surface area (Å²) in [6, 6.07) is 7.72. The van der Waals surface area contributed by atoms with Crippen LogP contribution in [0.1, 0.15) is 10.7 Å². The molecular weight excluding hydrogens is 330 g/mol. The topological polar surface area (TPSA) is 65.2 Å². The molecule has 3 aromatic heterocycles. The third kappa shape index (κ3) is 2.40. The molecule has 1 aromatic carbocycles. The van der Waals surface area contributed by atoms with Crippen LogP contribution in [0.25, 0.3) is 26.2 Å². The largest absolute Gasteiger partial charge is 0.497 e. The lowest BCUT2D eigenvalue weighted by Crippen LogP contribution is -1.91. The number of rotatable bonds is 3. The van der Waals surface area contributed by atoms with Crippen molar-refractivity contribution in [2.75, 3.05) is 7.11 Å². The Labute approximate surface area is 140 Å². The van der Waals surface area contributed by atoms with E-state index >= 15 is 0 Å². The van der Waals surface area contributed by atoms with Gasteiger partial charge in [-0.1, -0.05) is 11.3 Å². The Morgan fingerprint density at radius 3 is 2.48 bits per heavy atom. The van der Waals surface area contributed by atoms with Gasteiger partial charge in [0.1, 0.15) is 5.75 Å². The Hall–Kier alpha value is -2.32. The molecule has 0 fully saturated rings. The summed E-state index contributed by atoms with van der Waals surface area (Å²) in [7, 11) is 1.65. The van der Waals surface area contributed by atoms with E-state index in [4.69, 9.17) is 4.74 Å². The Bertz CT molecular complexity index is 983. The number of hydrogen-bond donors (Lipinski definition) is 0. The molecule has 0 saturated carbocycles. The molecule has 0 spiro atoms. The van der Waals surface area contributed by atoms with Crippen LogP contribution in [0.2, 0.25) is 0 Å². The number of methoxy groups -OCH3 is 1. The molecule has 0 amide bonds. The van der Waals surface area contributed by atoms with E-state index in [1.165, 1.54) is 11.3 Å². The van der Waals surface area contributed by atoms with Crippen molar-refractivity contribution in [2.24, 2.45) is 0 Å². The molecule has 3 heterocycles. The number of thiazole rings is 1. The second-order valence-corrected chi connectivity index (χ2v) is 7.16. The second-order valence-electron chi connectivity index (χ2n) is 5.00. The van der Waals surface area contributed by atoms with Crippen LogP contribution in [0.3, 0.4) is 0 Å². The first-order valence-corrected chi connectivity index (χ1v) is 8.60. The number of aromatic nitrogens is 5. The van der Waals surface area contributed by atoms with E-state index in [9.17, 15) is 0 Å². The van der Waals surface area contributed by atoms with Crippen molar-refractivity contribution in [2.45, 2.75) is 13.8 Å². The van der Waals surface area contributed by atoms with Gasteiger partial charge in [0.05, 0.1) is 22.7 Å². The van der Waals surface area contributed by atoms with Crippen LogP contribution in [-0.2, 0) is 0 Å². The highest BCUT2D eigenvalue weighted by Gasteiger charge is 2.17. The molecule has 0 saturated heterocycles. The third-order valence-corrected chi connectivity index (χ3v) is 5.56. The molecule has 0 atom stereocenters. The molecular formula is C15H13N5OS2. The first-order valence-electron chi connectivity index (χ1n) is 6.97. The van der Waals surface area contributed by atoms with Gasteiger partial charge in [-0.05, 0) is 38.1 Å². The van der Waals surface area contributed by atoms with Crippen LogP contribution in [0.15, 0.2) is 24.3 Å². The first-order chi connectivity index (χ1) is 11.2. The summed E-state index contributed by atoms with van der Waals surface area (Å²) in [4.78, 5) is 6.34. The van der Waals surface area contributed by atoms with Crippen molar-refractivity contribution in [3.63, 3.8) is 0 Å². The second kappa shape index (κ2) is 5.39. The minimum atomic E-state index is 0.726. The summed E-state index contributed by atoms with van der Waals surface area (Å²) < 4.78 is 6.98. The zero-order valence-corrected chi connectivity index (χ0v) is 14.4. The van der Waals surface area contributed by atoms with Gasteiger partial charge >= 0.3 is 0 Å². The number of fused-ring (bicyclic) bond motifs is 1. The van der Waals surface area contributed by atoms with Gasteiger partial charge in [-0.25, -0.2) is 4.98 Å². The molecule has 0 radical (unpaired) electrons. The van der Waals surface area contributed by atoms with E-state index in [1.807, 2.05) is 38.1 Å². The van der Waals surface area contributed by atoms with Crippen LogP contribution < -0.4 is 4.74 Å². The van der Waals surface area contributed by atoms with Gasteiger partial charge in [-0.3, -0.25) is 0 Å². The summed E-state index contributed by atoms with van der Waals surface area (Å²) in [5.41, 5.74) is 1.95. The van der Waals surface area contributed by atoms with E-state index in [-0.39, 0.29) is 0 Å². The van der Waals surface area contributed by atoms with Crippen molar-refractivity contribution >= 4 is 27.6 Å². The Kier molecular flexibility index (Phi) is 3.35. The van der Waals surface area contributed by atoms with E-state index in [1.54, 1.807) is 23.0 Å². The summed E-state index contributed by atoms with van der Waals surface area (Å²) in [6.07, 6.45) is 0. The monoisotopic (exact) mass is 343 g/mol. The number of hydrogen-bond acceptors (Lipinski definition) is 7. The van der Waals surface area contributed by atoms with E-state index in [0.717, 1.165) is 42.7 Å². The quantitative estimate of drug-likeness (QED) is 0.569. The molecule has 0 aliphatic rings. The number of ether oxygens (including phenoxy) is 1. The molecule has 4 aromatic rings. The fourth-order valence-corrected chi connectivity index (χ4v) is 4.24. The predicted molar refractivity (Wildman–Crippen MR) is 91.2 cm³/mol. The highest BCUT2D eigenvalue weighted by atomic mass is 32.1. The van der Waals surface area contributed by atoms with Crippen LogP contribution in [0, 0.1) is 13.8 Å². The van der Waals surface area contributed by atoms with Crippen molar-refractivity contribution < 1.29 is 4.74 Å². The van der Waals surface area contributed by atoms with Crippen LogP contribution in [0.5, 0.6) is 5.75 Å². The SMILES string of the molecule is COc1ccc(-c2nnc3sc(-c4sc(C)nc4C)nn23)cc1. The van der Waals surface area contributed by atoms with E-state index in [2.05, 4.69) is 20.3 Å². The van der Waals surface area contributed by atoms with Crippen molar-refractivity contribution in [1.82, 2.24) is 24.8 Å². The minimum absolute atomic E-state index is 0.726. The van der Waals surface area contributed by atoms with Gasteiger partial charge in [-0.15, -0.1) is 21.5 Å². The summed E-state index contributed by atoms with van der Waals surface area (Å²) in [5, 5.41) is 15.1. The van der Waals surface area contributed by atoms with Crippen LogP contribution in [0.4, 0.5) is 0 Å². The van der Waals surface area contributed by atoms with Crippen molar-refractivity contribution in [1.29, 1.82) is 0 Å². The maximum atomic E-state index is 5.19. The molecule has 116 valence electrons. The maximum Gasteiger partial charge on any atom is 0.235 e. The fraction of sp³-hybridized carbons (Fsp3) is 0.200. The smallest absolute Gasteiger partial charge is 0.235 e. The number of aryl methyl sites for hydroxylation is 2. The predicted octanol–water partition coefficient (Wildman–Crippen LogP) is 3.60. The summed E-state index contributed by atoms with van der Waals surface area (Å²) >= 11 is 3.18. The lowest BCUT2D eigenvalue weighted by atomic mass is 10.2. The lowest BCUT2D eigenvalue weighted by Gasteiger charge is -2.00. The summed E-state index contributed by atoms with van der Waals surface area (Å²) in [6.45, 7) is 4.01. The molecule has 0 aliphatic heterocycles. The van der Waals surface area contributed by atoms with Crippen molar-refractivity contribution in [3.05, 3.63) is 35.0 Å². The van der Waals surface area contributed by atoms with Crippen LogP contribution in [-0.4, -0.2) is 31.9 Å². The minimum Gasteiger partial charge on any atom is -0.497 e. The normalized spacial score (nSPS) is 11.3. The lowest BCUT2D eigenvalue weighted by molar-refractivity contribution is 0.415. The average molecular weight is 343 g/mol. The number of nitrogens with zero attached hydrogens (tertiary/aromatic N) is 5. The molecule has 8 heteroatoms. The van der Waals surface area contributed by atoms with Crippen molar-refractivity contribution in [3.8, 4) is 27.0 Å². The highest BCUT2D eigenvalue weighted by Crippen LogP contribution is 2.34. The zero-order chi connectivity index (χ0) is 16.0. The molecule has 4 rings (SSSR count). The van der Waals surface area contributed by atoms with Crippen LogP contribution >= 0.6 is 22.7 Å². The Morgan fingerprint density at radius 2 is 1.83 bits per heavy atom. The molecule has 0 bridgehead atoms. The molecule has 23 heavy (non-hydrogen) atoms. The zero-order valence-electron chi connectivity index (χ0n) is 12.8. The maximum absolute atomic E-state index is 5.19. The molecule has 0 N–H and O–H groups in total. The third-order valence-electron chi connectivity index (χ3n) is 3.44. The highest BCUT2D eigenvalue weighted by molar-refractivity contribution is 7.24. The van der Waals surface area contributed by atoms with Gasteiger partial charge in [0.25, 0.3) is 0 Å². The molecule has 0 unspecified atom stereocenters. The Balaban J connectivity index is 1.81. The number of benzene rings is 1. The molecule has 6 nitrogen and oxygen atoms in total. The average Bonchev–Trinajstić information content (AvgIpc) is 3.21. The van der Waals surface area contributed by atoms with Gasteiger partial charge < -0.3 is 4.74 Å². The van der Waals surface area contributed by atoms with Gasteiger partial charge in [0.15, 0.2) is 10.8 Å².